The highest BCUT2D eigenvalue weighted by atomic mass is 19.3. The van der Waals surface area contributed by atoms with E-state index in [2.05, 4.69) is 0 Å². The maximum atomic E-state index is 14.0. The Hall–Kier alpha value is -2.78. The van der Waals surface area contributed by atoms with E-state index in [0.29, 0.717) is 11.1 Å². The second-order valence-corrected chi connectivity index (χ2v) is 8.47. The van der Waals surface area contributed by atoms with Gasteiger partial charge in [0.25, 0.3) is 11.8 Å². The molecular formula is C28H30F4O4. The van der Waals surface area contributed by atoms with Crippen molar-refractivity contribution in [1.29, 1.82) is 0 Å². The van der Waals surface area contributed by atoms with E-state index >= 15 is 0 Å². The number of ether oxygens (including phenoxy) is 4. The van der Waals surface area contributed by atoms with Crippen molar-refractivity contribution in [3.63, 3.8) is 0 Å². The lowest BCUT2D eigenvalue weighted by atomic mass is 10.1. The Labute approximate surface area is 208 Å². The lowest BCUT2D eigenvalue weighted by molar-refractivity contribution is -0.130. The zero-order chi connectivity index (χ0) is 25.7. The van der Waals surface area contributed by atoms with Crippen molar-refractivity contribution in [2.45, 2.75) is 38.3 Å². The van der Waals surface area contributed by atoms with Gasteiger partial charge in [0.1, 0.15) is 26.4 Å². The summed E-state index contributed by atoms with van der Waals surface area (Å²) in [6.07, 6.45) is 0. The van der Waals surface area contributed by atoms with Gasteiger partial charge in [0.15, 0.2) is 0 Å². The molecule has 0 aliphatic heterocycles. The number of halogens is 4. The van der Waals surface area contributed by atoms with E-state index in [1.807, 2.05) is 36.4 Å². The molecule has 3 aromatic carbocycles. The highest BCUT2D eigenvalue weighted by Gasteiger charge is 2.30. The molecule has 0 N–H and O–H groups in total. The third-order valence-electron chi connectivity index (χ3n) is 5.00. The van der Waals surface area contributed by atoms with E-state index < -0.39 is 38.3 Å². The molecular weight excluding hydrogens is 476 g/mol. The fourth-order valence-corrected chi connectivity index (χ4v) is 3.31. The minimum absolute atomic E-state index is 0.0500. The zero-order valence-electron chi connectivity index (χ0n) is 19.9. The predicted octanol–water partition coefficient (Wildman–Crippen LogP) is 6.42. The van der Waals surface area contributed by atoms with Gasteiger partial charge >= 0.3 is 0 Å². The standard InChI is InChI=1S/C28H30F4O4/c29-27(30,19-33-15-23-8-3-1-4-9-23)21-35-17-25-12-7-13-26(14-25)18-36-22-28(31,32)20-34-16-24-10-5-2-6-11-24/h1-14H,15-22H2. The molecule has 0 aromatic heterocycles. The minimum atomic E-state index is -3.14. The molecule has 0 saturated heterocycles. The summed E-state index contributed by atoms with van der Waals surface area (Å²) in [5, 5.41) is 0. The number of hydrogen-bond donors (Lipinski definition) is 0. The van der Waals surface area contributed by atoms with Crippen molar-refractivity contribution in [3.05, 3.63) is 107 Å². The smallest absolute Gasteiger partial charge is 0.293 e. The van der Waals surface area contributed by atoms with E-state index in [0.717, 1.165) is 11.1 Å². The quantitative estimate of drug-likeness (QED) is 0.210. The van der Waals surface area contributed by atoms with Crippen molar-refractivity contribution in [2.75, 3.05) is 26.4 Å². The second-order valence-electron chi connectivity index (χ2n) is 8.47. The fourth-order valence-electron chi connectivity index (χ4n) is 3.31. The van der Waals surface area contributed by atoms with Crippen LogP contribution in [0.4, 0.5) is 17.6 Å². The average molecular weight is 507 g/mol. The Bertz CT molecular complexity index is 938. The van der Waals surface area contributed by atoms with Gasteiger partial charge < -0.3 is 18.9 Å². The van der Waals surface area contributed by atoms with Gasteiger partial charge in [-0.2, -0.15) is 0 Å². The van der Waals surface area contributed by atoms with Crippen LogP contribution in [0.15, 0.2) is 84.9 Å². The molecule has 0 bridgehead atoms. The summed E-state index contributed by atoms with van der Waals surface area (Å²) in [6, 6.07) is 24.9. The normalized spacial score (nSPS) is 12.1. The van der Waals surface area contributed by atoms with Gasteiger partial charge in [0.05, 0.1) is 26.4 Å². The van der Waals surface area contributed by atoms with Crippen molar-refractivity contribution in [3.8, 4) is 0 Å². The molecule has 36 heavy (non-hydrogen) atoms. The van der Waals surface area contributed by atoms with Crippen LogP contribution in [0, 0.1) is 0 Å². The Kier molecular flexibility index (Phi) is 10.9. The van der Waals surface area contributed by atoms with Crippen LogP contribution < -0.4 is 0 Å². The number of rotatable bonds is 16. The first kappa shape index (κ1) is 27.8. The van der Waals surface area contributed by atoms with Gasteiger partial charge in [-0.25, -0.2) is 17.6 Å². The van der Waals surface area contributed by atoms with Gasteiger partial charge in [-0.1, -0.05) is 84.9 Å². The molecule has 0 saturated carbocycles. The molecule has 0 heterocycles. The van der Waals surface area contributed by atoms with Crippen LogP contribution in [0.2, 0.25) is 0 Å². The molecule has 194 valence electrons. The highest BCUT2D eigenvalue weighted by molar-refractivity contribution is 5.22. The summed E-state index contributed by atoms with van der Waals surface area (Å²) in [4.78, 5) is 0. The monoisotopic (exact) mass is 506 g/mol. The molecule has 0 aliphatic rings. The third kappa shape index (κ3) is 10.9. The van der Waals surface area contributed by atoms with E-state index in [4.69, 9.17) is 18.9 Å². The molecule has 0 fully saturated rings. The van der Waals surface area contributed by atoms with E-state index in [-0.39, 0.29) is 26.4 Å². The SMILES string of the molecule is FC(F)(COCc1ccccc1)COCc1cccc(COCC(F)(F)COCc2ccccc2)c1. The Morgan fingerprint density at radius 3 is 1.08 bits per heavy atom. The topological polar surface area (TPSA) is 36.9 Å². The predicted molar refractivity (Wildman–Crippen MR) is 128 cm³/mol. The molecule has 0 aliphatic carbocycles. The summed E-state index contributed by atoms with van der Waals surface area (Å²) >= 11 is 0. The summed E-state index contributed by atoms with van der Waals surface area (Å²) in [6.45, 7) is -3.00. The molecule has 3 rings (SSSR count). The summed E-state index contributed by atoms with van der Waals surface area (Å²) in [5.41, 5.74) is 2.89. The highest BCUT2D eigenvalue weighted by Crippen LogP contribution is 2.19. The lowest BCUT2D eigenvalue weighted by Crippen LogP contribution is -2.30. The summed E-state index contributed by atoms with van der Waals surface area (Å²) < 4.78 is 76.6. The van der Waals surface area contributed by atoms with E-state index in [9.17, 15) is 17.6 Å². The van der Waals surface area contributed by atoms with Crippen molar-refractivity contribution < 1.29 is 36.5 Å². The van der Waals surface area contributed by atoms with E-state index in [1.54, 1.807) is 48.5 Å². The van der Waals surface area contributed by atoms with Crippen LogP contribution in [-0.4, -0.2) is 38.3 Å². The van der Waals surface area contributed by atoms with Crippen molar-refractivity contribution >= 4 is 0 Å². The van der Waals surface area contributed by atoms with E-state index in [1.165, 1.54) is 0 Å². The molecule has 8 heteroatoms. The maximum Gasteiger partial charge on any atom is 0.293 e. The average Bonchev–Trinajstić information content (AvgIpc) is 2.85. The lowest BCUT2D eigenvalue weighted by Gasteiger charge is -2.17. The van der Waals surface area contributed by atoms with Crippen molar-refractivity contribution in [1.82, 2.24) is 0 Å². The summed E-state index contributed by atoms with van der Waals surface area (Å²) in [7, 11) is 0. The summed E-state index contributed by atoms with van der Waals surface area (Å²) in [5.74, 6) is -6.27. The first-order chi connectivity index (χ1) is 17.3. The molecule has 4 nitrogen and oxygen atoms in total. The number of alkyl halides is 4. The van der Waals surface area contributed by atoms with Gasteiger partial charge in [0, 0.05) is 0 Å². The van der Waals surface area contributed by atoms with Crippen LogP contribution >= 0.6 is 0 Å². The van der Waals surface area contributed by atoms with Crippen LogP contribution in [0.3, 0.4) is 0 Å². The second kappa shape index (κ2) is 14.1. The Balaban J connectivity index is 1.33. The fraction of sp³-hybridized carbons (Fsp3) is 0.357. The van der Waals surface area contributed by atoms with Gasteiger partial charge in [-0.15, -0.1) is 0 Å². The molecule has 0 amide bonds. The largest absolute Gasteiger partial charge is 0.370 e. The van der Waals surface area contributed by atoms with Crippen molar-refractivity contribution in [2.24, 2.45) is 0 Å². The Morgan fingerprint density at radius 2 is 0.722 bits per heavy atom. The third-order valence-corrected chi connectivity index (χ3v) is 5.00. The van der Waals surface area contributed by atoms with Crippen LogP contribution in [0.25, 0.3) is 0 Å². The van der Waals surface area contributed by atoms with Gasteiger partial charge in [0.2, 0.25) is 0 Å². The number of hydrogen-bond acceptors (Lipinski definition) is 4. The van der Waals surface area contributed by atoms with Crippen LogP contribution in [0.1, 0.15) is 22.3 Å². The van der Waals surface area contributed by atoms with Crippen LogP contribution in [-0.2, 0) is 45.4 Å². The maximum absolute atomic E-state index is 14.0. The Morgan fingerprint density at radius 1 is 0.417 bits per heavy atom. The van der Waals surface area contributed by atoms with Gasteiger partial charge in [-0.05, 0) is 22.3 Å². The molecule has 0 radical (unpaired) electrons. The molecule has 3 aromatic rings. The first-order valence-corrected chi connectivity index (χ1v) is 11.5. The van der Waals surface area contributed by atoms with Crippen LogP contribution in [0.5, 0.6) is 0 Å². The number of benzene rings is 3. The minimum Gasteiger partial charge on any atom is -0.370 e. The zero-order valence-corrected chi connectivity index (χ0v) is 19.9. The molecule has 0 spiro atoms. The van der Waals surface area contributed by atoms with Gasteiger partial charge in [-0.3, -0.25) is 0 Å². The molecule has 0 unspecified atom stereocenters. The molecule has 0 atom stereocenters. The first-order valence-electron chi connectivity index (χ1n) is 11.5.